The molecule has 0 aromatic heterocycles. The highest BCUT2D eigenvalue weighted by Crippen LogP contribution is 2.18. The summed E-state index contributed by atoms with van der Waals surface area (Å²) >= 11 is 0. The summed E-state index contributed by atoms with van der Waals surface area (Å²) in [6.07, 6.45) is 74.5. The van der Waals surface area contributed by atoms with Crippen molar-refractivity contribution in [2.45, 2.75) is 347 Å². The van der Waals surface area contributed by atoms with Crippen molar-refractivity contribution in [2.24, 2.45) is 0 Å². The van der Waals surface area contributed by atoms with Crippen LogP contribution in [0.4, 0.5) is 0 Å². The SMILES string of the molecule is CCCCCCCCCCCCCCCCCCCCCCCCCCC[Si]CCCCCCCCCCCCCCCCCCCCCCCCCCC. The summed E-state index contributed by atoms with van der Waals surface area (Å²) in [7, 11) is 1.25. The largest absolute Gasteiger partial charge is 0.0654 e. The van der Waals surface area contributed by atoms with E-state index >= 15 is 0 Å². The van der Waals surface area contributed by atoms with E-state index in [4.69, 9.17) is 0 Å². The van der Waals surface area contributed by atoms with Crippen LogP contribution in [0.3, 0.4) is 0 Å². The topological polar surface area (TPSA) is 0 Å². The molecule has 0 N–H and O–H groups in total. The maximum absolute atomic E-state index is 2.31. The Morgan fingerprint density at radius 2 is 0.255 bits per heavy atom. The van der Waals surface area contributed by atoms with E-state index < -0.39 is 0 Å². The third kappa shape index (κ3) is 54.2. The van der Waals surface area contributed by atoms with Crippen LogP contribution in [0, 0.1) is 0 Å². The van der Waals surface area contributed by atoms with Crippen molar-refractivity contribution in [3.63, 3.8) is 0 Å². The normalized spacial score (nSPS) is 11.7. The fraction of sp³-hybridized carbons (Fsp3) is 1.00. The summed E-state index contributed by atoms with van der Waals surface area (Å²) in [5.41, 5.74) is 0. The smallest absolute Gasteiger partial charge is 0.0378 e. The van der Waals surface area contributed by atoms with Gasteiger partial charge in [0.15, 0.2) is 0 Å². The van der Waals surface area contributed by atoms with Crippen LogP contribution in [0.2, 0.25) is 12.1 Å². The molecule has 0 aliphatic rings. The van der Waals surface area contributed by atoms with E-state index in [-0.39, 0.29) is 0 Å². The molecule has 0 aromatic carbocycles. The molecule has 0 aliphatic carbocycles. The van der Waals surface area contributed by atoms with Crippen LogP contribution >= 0.6 is 0 Å². The summed E-state index contributed by atoms with van der Waals surface area (Å²) in [5, 5.41) is 0. The van der Waals surface area contributed by atoms with E-state index in [1.165, 1.54) is 343 Å². The lowest BCUT2D eigenvalue weighted by Crippen LogP contribution is -1.90. The molecule has 0 amide bonds. The molecule has 0 nitrogen and oxygen atoms in total. The predicted octanol–water partition coefficient (Wildman–Crippen LogP) is 21.1. The van der Waals surface area contributed by atoms with Gasteiger partial charge in [-0.15, -0.1) is 0 Å². The second-order valence-electron chi connectivity index (χ2n) is 18.7. The second-order valence-corrected chi connectivity index (χ2v) is 20.2. The molecular weight excluding hydrogens is 677 g/mol. The second kappa shape index (κ2) is 54.2. The average Bonchev–Trinajstić information content (AvgIpc) is 3.20. The highest BCUT2D eigenvalue weighted by Gasteiger charge is 1.99. The van der Waals surface area contributed by atoms with Gasteiger partial charge in [0.1, 0.15) is 0 Å². The van der Waals surface area contributed by atoms with Crippen LogP contribution in [-0.4, -0.2) is 9.52 Å². The lowest BCUT2D eigenvalue weighted by atomic mass is 10.0. The van der Waals surface area contributed by atoms with Crippen molar-refractivity contribution in [1.82, 2.24) is 0 Å². The van der Waals surface area contributed by atoms with Crippen LogP contribution in [-0.2, 0) is 0 Å². The maximum Gasteiger partial charge on any atom is 0.0378 e. The monoisotopic (exact) mass is 787 g/mol. The third-order valence-electron chi connectivity index (χ3n) is 12.9. The van der Waals surface area contributed by atoms with Gasteiger partial charge < -0.3 is 0 Å². The minimum Gasteiger partial charge on any atom is -0.0654 e. The standard InChI is InChI=1S/C54H110Si/c1-3-5-7-9-11-13-15-17-19-21-23-25-27-29-31-33-35-37-39-41-43-45-47-49-51-53-55-54-52-50-48-46-44-42-40-38-36-34-32-30-28-26-24-22-20-18-16-14-12-10-8-6-4-2/h3-54H2,1-2H3. The Morgan fingerprint density at radius 1 is 0.145 bits per heavy atom. The molecule has 0 bridgehead atoms. The van der Waals surface area contributed by atoms with Crippen molar-refractivity contribution < 1.29 is 0 Å². The Hall–Kier alpha value is 0.217. The molecule has 55 heavy (non-hydrogen) atoms. The van der Waals surface area contributed by atoms with Gasteiger partial charge in [0.25, 0.3) is 0 Å². The lowest BCUT2D eigenvalue weighted by Gasteiger charge is -2.05. The van der Waals surface area contributed by atoms with Gasteiger partial charge in [0.2, 0.25) is 0 Å². The quantitative estimate of drug-likeness (QED) is 0.0425. The van der Waals surface area contributed by atoms with E-state index in [0.29, 0.717) is 0 Å². The van der Waals surface area contributed by atoms with Crippen LogP contribution in [0.1, 0.15) is 335 Å². The van der Waals surface area contributed by atoms with Crippen molar-refractivity contribution in [3.8, 4) is 0 Å². The molecule has 0 heterocycles. The van der Waals surface area contributed by atoms with Gasteiger partial charge in [0, 0.05) is 9.52 Å². The molecule has 0 fully saturated rings. The fourth-order valence-corrected chi connectivity index (χ4v) is 10.2. The summed E-state index contributed by atoms with van der Waals surface area (Å²) in [6, 6.07) is 3.05. The Morgan fingerprint density at radius 3 is 0.382 bits per heavy atom. The van der Waals surface area contributed by atoms with E-state index in [1.807, 2.05) is 0 Å². The molecular formula is C54H110Si. The molecule has 0 aliphatic heterocycles. The number of rotatable bonds is 52. The van der Waals surface area contributed by atoms with Crippen molar-refractivity contribution in [1.29, 1.82) is 0 Å². The lowest BCUT2D eigenvalue weighted by molar-refractivity contribution is 0.516. The Balaban J connectivity index is 3.05. The van der Waals surface area contributed by atoms with Crippen molar-refractivity contribution >= 4 is 9.52 Å². The van der Waals surface area contributed by atoms with E-state index in [0.717, 1.165) is 0 Å². The first-order chi connectivity index (χ1) is 27.4. The van der Waals surface area contributed by atoms with Gasteiger partial charge in [0.05, 0.1) is 0 Å². The van der Waals surface area contributed by atoms with Crippen molar-refractivity contribution in [2.75, 3.05) is 0 Å². The molecule has 0 rings (SSSR count). The van der Waals surface area contributed by atoms with Crippen LogP contribution in [0.5, 0.6) is 0 Å². The van der Waals surface area contributed by atoms with E-state index in [2.05, 4.69) is 13.8 Å². The van der Waals surface area contributed by atoms with Crippen LogP contribution < -0.4 is 0 Å². The highest BCUT2D eigenvalue weighted by molar-refractivity contribution is 6.35. The summed E-state index contributed by atoms with van der Waals surface area (Å²) in [5.74, 6) is 0. The first-order valence-corrected chi connectivity index (χ1v) is 28.5. The van der Waals surface area contributed by atoms with Crippen LogP contribution in [0.25, 0.3) is 0 Å². The Kier molecular flexibility index (Phi) is 54.4. The zero-order valence-corrected chi connectivity index (χ0v) is 40.3. The molecule has 0 atom stereocenters. The van der Waals surface area contributed by atoms with Gasteiger partial charge >= 0.3 is 0 Å². The molecule has 0 spiro atoms. The third-order valence-corrected chi connectivity index (χ3v) is 14.3. The van der Waals surface area contributed by atoms with Gasteiger partial charge in [-0.1, -0.05) is 347 Å². The number of hydrogen-bond acceptors (Lipinski definition) is 0. The minimum absolute atomic E-state index is 1.25. The van der Waals surface area contributed by atoms with E-state index in [9.17, 15) is 0 Å². The van der Waals surface area contributed by atoms with Crippen LogP contribution in [0.15, 0.2) is 0 Å². The number of unbranched alkanes of at least 4 members (excludes halogenated alkanes) is 48. The maximum atomic E-state index is 2.31. The zero-order valence-electron chi connectivity index (χ0n) is 39.3. The Labute approximate surface area is 355 Å². The first-order valence-electron chi connectivity index (χ1n) is 27.1. The molecule has 0 saturated carbocycles. The molecule has 2 radical (unpaired) electrons. The average molecular weight is 788 g/mol. The summed E-state index contributed by atoms with van der Waals surface area (Å²) < 4.78 is 0. The molecule has 0 unspecified atom stereocenters. The summed E-state index contributed by atoms with van der Waals surface area (Å²) in [4.78, 5) is 0. The fourth-order valence-electron chi connectivity index (χ4n) is 8.90. The molecule has 1 heteroatoms. The van der Waals surface area contributed by atoms with Crippen molar-refractivity contribution in [3.05, 3.63) is 0 Å². The first kappa shape index (κ1) is 55.2. The highest BCUT2D eigenvalue weighted by atomic mass is 28.2. The summed E-state index contributed by atoms with van der Waals surface area (Å²) in [6.45, 7) is 4.63. The van der Waals surface area contributed by atoms with Gasteiger partial charge in [-0.3, -0.25) is 0 Å². The molecule has 0 saturated heterocycles. The Bertz CT molecular complexity index is 562. The van der Waals surface area contributed by atoms with E-state index in [1.54, 1.807) is 0 Å². The molecule has 330 valence electrons. The predicted molar refractivity (Wildman–Crippen MR) is 258 cm³/mol. The van der Waals surface area contributed by atoms with Gasteiger partial charge in [-0.25, -0.2) is 0 Å². The number of hydrogen-bond donors (Lipinski definition) is 0. The minimum atomic E-state index is 1.25. The molecule has 0 aromatic rings. The zero-order chi connectivity index (χ0) is 39.5. The van der Waals surface area contributed by atoms with Gasteiger partial charge in [-0.2, -0.15) is 0 Å². The van der Waals surface area contributed by atoms with Gasteiger partial charge in [-0.05, 0) is 0 Å².